The SMILES string of the molecule is c1ccc2c(NCCNCCCSc3nnc(-c4ccncc4)o3)nsc2c1. The first kappa shape index (κ1) is 18.9. The predicted molar refractivity (Wildman–Crippen MR) is 114 cm³/mol. The molecular formula is C19H20N6OS2. The zero-order valence-electron chi connectivity index (χ0n) is 15.2. The van der Waals surface area contributed by atoms with E-state index in [1.54, 1.807) is 24.2 Å². The Morgan fingerprint density at radius 3 is 2.82 bits per heavy atom. The number of nitrogens with zero attached hydrogens (tertiary/aromatic N) is 4. The van der Waals surface area contributed by atoms with E-state index < -0.39 is 0 Å². The second-order valence-corrected chi connectivity index (χ2v) is 7.87. The normalized spacial score (nSPS) is 11.1. The summed E-state index contributed by atoms with van der Waals surface area (Å²) in [7, 11) is 0. The van der Waals surface area contributed by atoms with Crippen molar-refractivity contribution in [2.24, 2.45) is 0 Å². The minimum atomic E-state index is 0.531. The number of aromatic nitrogens is 4. The molecule has 4 rings (SSSR count). The van der Waals surface area contributed by atoms with Gasteiger partial charge in [0.25, 0.3) is 5.22 Å². The summed E-state index contributed by atoms with van der Waals surface area (Å²) in [5, 5.41) is 16.8. The highest BCUT2D eigenvalue weighted by Gasteiger charge is 2.08. The van der Waals surface area contributed by atoms with Crippen molar-refractivity contribution in [2.75, 3.05) is 30.7 Å². The summed E-state index contributed by atoms with van der Waals surface area (Å²) in [5.74, 6) is 2.43. The maximum absolute atomic E-state index is 5.67. The number of rotatable bonds is 10. The van der Waals surface area contributed by atoms with Crippen molar-refractivity contribution in [3.8, 4) is 11.5 Å². The van der Waals surface area contributed by atoms with Crippen LogP contribution in [0.3, 0.4) is 0 Å². The van der Waals surface area contributed by atoms with E-state index in [-0.39, 0.29) is 0 Å². The molecule has 3 aromatic heterocycles. The number of anilines is 1. The molecule has 144 valence electrons. The molecule has 0 amide bonds. The van der Waals surface area contributed by atoms with Gasteiger partial charge < -0.3 is 15.1 Å². The van der Waals surface area contributed by atoms with Gasteiger partial charge in [0.15, 0.2) is 0 Å². The minimum Gasteiger partial charge on any atom is -0.411 e. The molecule has 1 aromatic carbocycles. The van der Waals surface area contributed by atoms with Crippen LogP contribution >= 0.6 is 23.3 Å². The van der Waals surface area contributed by atoms with Crippen molar-refractivity contribution in [2.45, 2.75) is 11.6 Å². The first-order chi connectivity index (χ1) is 13.9. The van der Waals surface area contributed by atoms with E-state index in [0.717, 1.165) is 43.2 Å². The Labute approximate surface area is 171 Å². The molecule has 2 N–H and O–H groups in total. The Hall–Kier alpha value is -2.49. The van der Waals surface area contributed by atoms with Crippen molar-refractivity contribution in [3.63, 3.8) is 0 Å². The van der Waals surface area contributed by atoms with Crippen LogP contribution in [-0.2, 0) is 0 Å². The van der Waals surface area contributed by atoms with Gasteiger partial charge in [-0.2, -0.15) is 4.37 Å². The quantitative estimate of drug-likeness (QED) is 0.299. The van der Waals surface area contributed by atoms with Gasteiger partial charge in [-0.1, -0.05) is 23.9 Å². The Balaban J connectivity index is 1.10. The zero-order chi connectivity index (χ0) is 19.0. The second-order valence-electron chi connectivity index (χ2n) is 6.02. The van der Waals surface area contributed by atoms with Crippen molar-refractivity contribution in [3.05, 3.63) is 48.8 Å². The van der Waals surface area contributed by atoms with E-state index in [0.29, 0.717) is 11.1 Å². The molecule has 0 saturated heterocycles. The Kier molecular flexibility index (Phi) is 6.48. The molecule has 4 aromatic rings. The van der Waals surface area contributed by atoms with E-state index in [1.165, 1.54) is 21.6 Å². The molecule has 3 heterocycles. The van der Waals surface area contributed by atoms with E-state index in [9.17, 15) is 0 Å². The molecule has 7 nitrogen and oxygen atoms in total. The van der Waals surface area contributed by atoms with Crippen LogP contribution < -0.4 is 10.6 Å². The van der Waals surface area contributed by atoms with E-state index >= 15 is 0 Å². The van der Waals surface area contributed by atoms with Gasteiger partial charge in [0, 0.05) is 42.2 Å². The maximum atomic E-state index is 5.67. The third-order valence-corrected chi connectivity index (χ3v) is 5.76. The number of thioether (sulfide) groups is 1. The number of fused-ring (bicyclic) bond motifs is 1. The number of hydrogen-bond acceptors (Lipinski definition) is 9. The number of pyridine rings is 1. The third-order valence-electron chi connectivity index (χ3n) is 4.03. The van der Waals surface area contributed by atoms with Crippen LogP contribution in [0.2, 0.25) is 0 Å². The van der Waals surface area contributed by atoms with Gasteiger partial charge >= 0.3 is 0 Å². The van der Waals surface area contributed by atoms with Gasteiger partial charge in [0.1, 0.15) is 5.82 Å². The van der Waals surface area contributed by atoms with Crippen LogP contribution in [-0.4, -0.2) is 44.9 Å². The average molecular weight is 413 g/mol. The molecule has 0 fully saturated rings. The lowest BCUT2D eigenvalue weighted by atomic mass is 10.2. The van der Waals surface area contributed by atoms with Crippen LogP contribution in [0.4, 0.5) is 5.82 Å². The van der Waals surface area contributed by atoms with Gasteiger partial charge in [-0.05, 0) is 48.8 Å². The second kappa shape index (κ2) is 9.63. The maximum Gasteiger partial charge on any atom is 0.276 e. The lowest BCUT2D eigenvalue weighted by Gasteiger charge is -2.05. The summed E-state index contributed by atoms with van der Waals surface area (Å²) in [4.78, 5) is 3.99. The Morgan fingerprint density at radius 2 is 1.89 bits per heavy atom. The highest BCUT2D eigenvalue weighted by atomic mass is 32.2. The van der Waals surface area contributed by atoms with Gasteiger partial charge in [-0.25, -0.2) is 0 Å². The molecule has 0 aliphatic rings. The monoisotopic (exact) mass is 412 g/mol. The molecule has 0 bridgehead atoms. The van der Waals surface area contributed by atoms with E-state index in [2.05, 4.69) is 42.3 Å². The summed E-state index contributed by atoms with van der Waals surface area (Å²) in [6.07, 6.45) is 4.45. The zero-order valence-corrected chi connectivity index (χ0v) is 16.8. The molecule has 9 heteroatoms. The molecule has 0 atom stereocenters. The van der Waals surface area contributed by atoms with Gasteiger partial charge in [0.05, 0.1) is 4.70 Å². The lowest BCUT2D eigenvalue weighted by molar-refractivity contribution is 0.465. The van der Waals surface area contributed by atoms with E-state index in [1.807, 2.05) is 24.3 Å². The fourth-order valence-corrected chi connectivity index (χ4v) is 4.10. The summed E-state index contributed by atoms with van der Waals surface area (Å²) in [6, 6.07) is 12.0. The Morgan fingerprint density at radius 1 is 1.00 bits per heavy atom. The fraction of sp³-hybridized carbons (Fsp3) is 0.263. The highest BCUT2D eigenvalue weighted by Crippen LogP contribution is 2.26. The first-order valence-corrected chi connectivity index (χ1v) is 10.8. The summed E-state index contributed by atoms with van der Waals surface area (Å²) < 4.78 is 11.4. The topological polar surface area (TPSA) is 88.8 Å². The van der Waals surface area contributed by atoms with Crippen molar-refractivity contribution < 1.29 is 4.42 Å². The molecule has 28 heavy (non-hydrogen) atoms. The van der Waals surface area contributed by atoms with Crippen LogP contribution in [0, 0.1) is 0 Å². The third kappa shape index (κ3) is 4.86. The smallest absolute Gasteiger partial charge is 0.276 e. The standard InChI is InChI=1S/C19H20N6OS2/c1-2-5-16-15(4-1)17(25-28-16)22-12-11-20-8-3-13-27-19-24-23-18(26-19)14-6-9-21-10-7-14/h1-2,4-7,9-10,20H,3,8,11-13H2,(H,22,25). The van der Waals surface area contributed by atoms with Gasteiger partial charge in [-0.3, -0.25) is 4.98 Å². The first-order valence-electron chi connectivity index (χ1n) is 9.06. The molecule has 0 aliphatic heterocycles. The molecule has 0 radical (unpaired) electrons. The largest absolute Gasteiger partial charge is 0.411 e. The number of benzene rings is 1. The summed E-state index contributed by atoms with van der Waals surface area (Å²) in [5.41, 5.74) is 0.886. The fourth-order valence-electron chi connectivity index (χ4n) is 2.64. The average Bonchev–Trinajstić information content (AvgIpc) is 3.38. The summed E-state index contributed by atoms with van der Waals surface area (Å²) in [6.45, 7) is 2.68. The van der Waals surface area contributed by atoms with Crippen molar-refractivity contribution in [1.82, 2.24) is 24.9 Å². The molecule has 0 spiro atoms. The lowest BCUT2D eigenvalue weighted by Crippen LogP contribution is -2.23. The Bertz CT molecular complexity index is 1000. The van der Waals surface area contributed by atoms with Crippen molar-refractivity contribution >= 4 is 39.2 Å². The van der Waals surface area contributed by atoms with Gasteiger partial charge in [0.2, 0.25) is 5.89 Å². The highest BCUT2D eigenvalue weighted by molar-refractivity contribution is 7.99. The van der Waals surface area contributed by atoms with E-state index in [4.69, 9.17) is 4.42 Å². The summed E-state index contributed by atoms with van der Waals surface area (Å²) >= 11 is 3.11. The number of nitrogens with one attached hydrogen (secondary N) is 2. The predicted octanol–water partition coefficient (Wildman–Crippen LogP) is 3.93. The van der Waals surface area contributed by atoms with Crippen LogP contribution in [0.1, 0.15) is 6.42 Å². The van der Waals surface area contributed by atoms with Gasteiger partial charge in [-0.15, -0.1) is 10.2 Å². The van der Waals surface area contributed by atoms with Crippen LogP contribution in [0.25, 0.3) is 21.5 Å². The minimum absolute atomic E-state index is 0.531. The van der Waals surface area contributed by atoms with Crippen molar-refractivity contribution in [1.29, 1.82) is 0 Å². The van der Waals surface area contributed by atoms with Crippen LogP contribution in [0.5, 0.6) is 0 Å². The molecule has 0 aliphatic carbocycles. The molecule has 0 unspecified atom stereocenters. The molecular weight excluding hydrogens is 392 g/mol. The molecule has 0 saturated carbocycles. The number of hydrogen-bond donors (Lipinski definition) is 2. The van der Waals surface area contributed by atoms with Crippen LogP contribution in [0.15, 0.2) is 58.4 Å².